The van der Waals surface area contributed by atoms with Crippen molar-refractivity contribution in [2.24, 2.45) is 0 Å². The van der Waals surface area contributed by atoms with Crippen LogP contribution in [0.2, 0.25) is 0 Å². The van der Waals surface area contributed by atoms with Gasteiger partial charge in [0.15, 0.2) is 0 Å². The van der Waals surface area contributed by atoms with Gasteiger partial charge in [-0.2, -0.15) is 0 Å². The maximum absolute atomic E-state index is 11.6. The van der Waals surface area contributed by atoms with E-state index in [-0.39, 0.29) is 5.91 Å². The molecule has 0 aliphatic carbocycles. The molecule has 0 radical (unpaired) electrons. The first-order valence-electron chi connectivity index (χ1n) is 6.44. The number of hydrogen-bond donors (Lipinski definition) is 1. The molecule has 19 heavy (non-hydrogen) atoms. The number of carbonyl (C=O) groups is 1. The van der Waals surface area contributed by atoms with Crippen LogP contribution < -0.4 is 5.32 Å². The monoisotopic (exact) mass is 275 g/mol. The Kier molecular flexibility index (Phi) is 5.03. The molecule has 0 saturated carbocycles. The van der Waals surface area contributed by atoms with E-state index in [0.29, 0.717) is 11.6 Å². The van der Waals surface area contributed by atoms with Gasteiger partial charge in [0.05, 0.1) is 0 Å². The molecule has 4 nitrogen and oxygen atoms in total. The standard InChI is InChI=1S/C14H17N3OS/c1-2-3-9-12(18)15-14-17-16-13(19-14)10-11-7-5-4-6-8-11/h4-8H,2-3,9-10H2,1H3,(H,15,17,18). The molecule has 1 heterocycles. The zero-order valence-electron chi connectivity index (χ0n) is 10.9. The van der Waals surface area contributed by atoms with Gasteiger partial charge >= 0.3 is 0 Å². The van der Waals surface area contributed by atoms with Gasteiger partial charge < -0.3 is 5.32 Å². The smallest absolute Gasteiger partial charge is 0.226 e. The van der Waals surface area contributed by atoms with Gasteiger partial charge in [-0.05, 0) is 12.0 Å². The average molecular weight is 275 g/mol. The SMILES string of the molecule is CCCCC(=O)Nc1nnc(Cc2ccccc2)s1. The maximum atomic E-state index is 11.6. The molecule has 1 aromatic heterocycles. The molecule has 0 atom stereocenters. The van der Waals surface area contributed by atoms with Crippen LogP contribution in [0.25, 0.3) is 0 Å². The van der Waals surface area contributed by atoms with E-state index in [1.807, 2.05) is 18.2 Å². The first-order valence-corrected chi connectivity index (χ1v) is 7.25. The zero-order chi connectivity index (χ0) is 13.5. The maximum Gasteiger partial charge on any atom is 0.226 e. The van der Waals surface area contributed by atoms with Crippen LogP contribution in [0.5, 0.6) is 0 Å². The summed E-state index contributed by atoms with van der Waals surface area (Å²) in [5.74, 6) is 0.0178. The van der Waals surface area contributed by atoms with Crippen molar-refractivity contribution in [3.63, 3.8) is 0 Å². The lowest BCUT2D eigenvalue weighted by molar-refractivity contribution is -0.116. The van der Waals surface area contributed by atoms with Gasteiger partial charge in [-0.3, -0.25) is 4.79 Å². The largest absolute Gasteiger partial charge is 0.301 e. The second-order valence-electron chi connectivity index (χ2n) is 4.32. The van der Waals surface area contributed by atoms with Crippen molar-refractivity contribution in [3.05, 3.63) is 40.9 Å². The highest BCUT2D eigenvalue weighted by Gasteiger charge is 2.08. The van der Waals surface area contributed by atoms with Crippen LogP contribution in [0.1, 0.15) is 36.8 Å². The highest BCUT2D eigenvalue weighted by atomic mass is 32.1. The van der Waals surface area contributed by atoms with Crippen molar-refractivity contribution >= 4 is 22.4 Å². The van der Waals surface area contributed by atoms with E-state index in [0.717, 1.165) is 24.3 Å². The minimum atomic E-state index is 0.0178. The molecule has 0 bridgehead atoms. The predicted octanol–water partition coefficient (Wildman–Crippen LogP) is 3.26. The van der Waals surface area contributed by atoms with Crippen molar-refractivity contribution in [2.45, 2.75) is 32.6 Å². The predicted molar refractivity (Wildman–Crippen MR) is 77.3 cm³/mol. The van der Waals surface area contributed by atoms with Crippen LogP contribution in [0.3, 0.4) is 0 Å². The Morgan fingerprint density at radius 3 is 2.79 bits per heavy atom. The molecule has 100 valence electrons. The molecule has 5 heteroatoms. The van der Waals surface area contributed by atoms with E-state index >= 15 is 0 Å². The summed E-state index contributed by atoms with van der Waals surface area (Å²) in [5.41, 5.74) is 1.20. The Morgan fingerprint density at radius 2 is 2.05 bits per heavy atom. The zero-order valence-corrected chi connectivity index (χ0v) is 11.7. The molecular weight excluding hydrogens is 258 g/mol. The number of anilines is 1. The van der Waals surface area contributed by atoms with E-state index < -0.39 is 0 Å². The van der Waals surface area contributed by atoms with Gasteiger partial charge in [-0.1, -0.05) is 55.0 Å². The number of carbonyl (C=O) groups excluding carboxylic acids is 1. The molecule has 2 aromatic rings. The lowest BCUT2D eigenvalue weighted by Gasteiger charge is -1.98. The summed E-state index contributed by atoms with van der Waals surface area (Å²) in [7, 11) is 0. The van der Waals surface area contributed by atoms with Crippen LogP contribution in [-0.2, 0) is 11.2 Å². The molecular formula is C14H17N3OS. The minimum Gasteiger partial charge on any atom is -0.301 e. The molecule has 0 aliphatic rings. The van der Waals surface area contributed by atoms with Gasteiger partial charge in [0.2, 0.25) is 11.0 Å². The fourth-order valence-electron chi connectivity index (χ4n) is 1.67. The summed E-state index contributed by atoms with van der Waals surface area (Å²) in [6.45, 7) is 2.07. The topological polar surface area (TPSA) is 54.9 Å². The van der Waals surface area contributed by atoms with Gasteiger partial charge in [0.1, 0.15) is 5.01 Å². The summed E-state index contributed by atoms with van der Waals surface area (Å²) in [6.07, 6.45) is 3.22. The number of nitrogens with zero attached hydrogens (tertiary/aromatic N) is 2. The van der Waals surface area contributed by atoms with Crippen molar-refractivity contribution < 1.29 is 4.79 Å². The summed E-state index contributed by atoms with van der Waals surface area (Å²) in [4.78, 5) is 11.6. The van der Waals surface area contributed by atoms with Crippen LogP contribution in [0.4, 0.5) is 5.13 Å². The number of benzene rings is 1. The molecule has 0 aliphatic heterocycles. The Balaban J connectivity index is 1.90. The first-order chi connectivity index (χ1) is 9.28. The van der Waals surface area contributed by atoms with E-state index in [2.05, 4.69) is 34.6 Å². The van der Waals surface area contributed by atoms with Crippen LogP contribution in [0, 0.1) is 0 Å². The highest BCUT2D eigenvalue weighted by Crippen LogP contribution is 2.18. The Morgan fingerprint density at radius 1 is 1.26 bits per heavy atom. The van der Waals surface area contributed by atoms with Gasteiger partial charge in [0.25, 0.3) is 0 Å². The molecule has 1 N–H and O–H groups in total. The van der Waals surface area contributed by atoms with Gasteiger partial charge in [-0.15, -0.1) is 10.2 Å². The molecule has 0 fully saturated rings. The molecule has 0 spiro atoms. The van der Waals surface area contributed by atoms with Crippen molar-refractivity contribution in [3.8, 4) is 0 Å². The fraction of sp³-hybridized carbons (Fsp3) is 0.357. The number of unbranched alkanes of at least 4 members (excludes halogenated alkanes) is 1. The van der Waals surface area contributed by atoms with Gasteiger partial charge in [0, 0.05) is 12.8 Å². The number of amides is 1. The summed E-state index contributed by atoms with van der Waals surface area (Å²) < 4.78 is 0. The van der Waals surface area contributed by atoms with Crippen LogP contribution in [-0.4, -0.2) is 16.1 Å². The highest BCUT2D eigenvalue weighted by molar-refractivity contribution is 7.15. The third kappa shape index (κ3) is 4.44. The average Bonchev–Trinajstić information content (AvgIpc) is 2.85. The number of nitrogens with one attached hydrogen (secondary N) is 1. The molecule has 1 amide bonds. The lowest BCUT2D eigenvalue weighted by atomic mass is 10.2. The summed E-state index contributed by atoms with van der Waals surface area (Å²) in [6, 6.07) is 10.1. The molecule has 2 rings (SSSR count). The lowest BCUT2D eigenvalue weighted by Crippen LogP contribution is -2.10. The fourth-order valence-corrected chi connectivity index (χ4v) is 2.46. The second kappa shape index (κ2) is 6.99. The summed E-state index contributed by atoms with van der Waals surface area (Å²) in [5, 5.41) is 12.4. The third-order valence-electron chi connectivity index (χ3n) is 2.67. The van der Waals surface area contributed by atoms with Crippen molar-refractivity contribution in [2.75, 3.05) is 5.32 Å². The molecule has 0 unspecified atom stereocenters. The van der Waals surface area contributed by atoms with Crippen LogP contribution in [0.15, 0.2) is 30.3 Å². The Hall–Kier alpha value is -1.75. The Labute approximate surface area is 116 Å². The normalized spacial score (nSPS) is 10.4. The Bertz CT molecular complexity index is 524. The molecule has 0 saturated heterocycles. The van der Waals surface area contributed by atoms with E-state index in [9.17, 15) is 4.79 Å². The third-order valence-corrected chi connectivity index (χ3v) is 3.51. The number of rotatable bonds is 6. The van der Waals surface area contributed by atoms with Crippen LogP contribution >= 0.6 is 11.3 Å². The minimum absolute atomic E-state index is 0.0178. The first kappa shape index (κ1) is 13.7. The van der Waals surface area contributed by atoms with Gasteiger partial charge in [-0.25, -0.2) is 0 Å². The quantitative estimate of drug-likeness (QED) is 0.880. The van der Waals surface area contributed by atoms with E-state index in [1.54, 1.807) is 0 Å². The second-order valence-corrected chi connectivity index (χ2v) is 5.38. The number of aromatic nitrogens is 2. The van der Waals surface area contributed by atoms with Crippen molar-refractivity contribution in [1.29, 1.82) is 0 Å². The number of hydrogen-bond acceptors (Lipinski definition) is 4. The van der Waals surface area contributed by atoms with Crippen molar-refractivity contribution in [1.82, 2.24) is 10.2 Å². The van der Waals surface area contributed by atoms with E-state index in [4.69, 9.17) is 0 Å². The van der Waals surface area contributed by atoms with E-state index in [1.165, 1.54) is 16.9 Å². The summed E-state index contributed by atoms with van der Waals surface area (Å²) >= 11 is 1.44. The molecule has 1 aromatic carbocycles.